The van der Waals surface area contributed by atoms with E-state index in [1.54, 1.807) is 0 Å². The maximum atomic E-state index is 5.37. The molecule has 0 aliphatic heterocycles. The quantitative estimate of drug-likeness (QED) is 0.491. The Morgan fingerprint density at radius 2 is 1.85 bits per heavy atom. The molecule has 0 bridgehead atoms. The van der Waals surface area contributed by atoms with Crippen molar-refractivity contribution in [1.29, 1.82) is 0 Å². The Morgan fingerprint density at radius 3 is 2.63 bits per heavy atom. The monoisotopic (exact) mass is 377 g/mol. The van der Waals surface area contributed by atoms with Gasteiger partial charge in [-0.15, -0.1) is 5.10 Å². The fourth-order valence-electron chi connectivity index (χ4n) is 2.71. The predicted octanol–water partition coefficient (Wildman–Crippen LogP) is 4.68. The van der Waals surface area contributed by atoms with Gasteiger partial charge in [-0.25, -0.2) is 4.98 Å². The summed E-state index contributed by atoms with van der Waals surface area (Å²) < 4.78 is 5.37. The van der Waals surface area contributed by atoms with Crippen molar-refractivity contribution in [2.45, 2.75) is 31.2 Å². The van der Waals surface area contributed by atoms with Gasteiger partial charge < -0.3 is 4.52 Å². The van der Waals surface area contributed by atoms with Gasteiger partial charge in [-0.05, 0) is 24.5 Å². The minimum absolute atomic E-state index is 0.519. The lowest BCUT2D eigenvalue weighted by Crippen LogP contribution is -1.86. The summed E-state index contributed by atoms with van der Waals surface area (Å²) in [4.78, 5) is 9.01. The summed E-state index contributed by atoms with van der Waals surface area (Å²) in [5, 5.41) is 12.0. The van der Waals surface area contributed by atoms with E-state index < -0.39 is 0 Å². The Morgan fingerprint density at radius 1 is 1.04 bits per heavy atom. The second-order valence-electron chi connectivity index (χ2n) is 6.13. The molecule has 0 atom stereocenters. The van der Waals surface area contributed by atoms with Gasteiger partial charge in [0.1, 0.15) is 0 Å². The molecule has 0 spiro atoms. The van der Waals surface area contributed by atoms with Crippen LogP contribution in [0.4, 0.5) is 0 Å². The number of aromatic nitrogens is 5. The third kappa shape index (κ3) is 3.93. The predicted molar refractivity (Wildman–Crippen MR) is 105 cm³/mol. The molecule has 2 heterocycles. The molecule has 0 aliphatic rings. The smallest absolute Gasteiger partial charge is 0.237 e. The van der Waals surface area contributed by atoms with Crippen molar-refractivity contribution in [2.75, 3.05) is 0 Å². The van der Waals surface area contributed by atoms with Crippen LogP contribution in [0, 0.1) is 6.92 Å². The minimum atomic E-state index is 0.519. The number of hydrogen-bond donors (Lipinski definition) is 1. The third-order valence-electron chi connectivity index (χ3n) is 4.28. The minimum Gasteiger partial charge on any atom is -0.338 e. The Balaban J connectivity index is 1.42. The normalized spacial score (nSPS) is 11.0. The highest BCUT2D eigenvalue weighted by molar-refractivity contribution is 7.98. The lowest BCUT2D eigenvalue weighted by atomic mass is 10.1. The fraction of sp³-hybridized carbons (Fsp3) is 0.200. The van der Waals surface area contributed by atoms with E-state index in [9.17, 15) is 0 Å². The zero-order chi connectivity index (χ0) is 18.6. The van der Waals surface area contributed by atoms with Crippen molar-refractivity contribution in [3.63, 3.8) is 0 Å². The first-order chi connectivity index (χ1) is 13.2. The van der Waals surface area contributed by atoms with Gasteiger partial charge in [-0.2, -0.15) is 4.98 Å². The zero-order valence-electron chi connectivity index (χ0n) is 15.1. The molecule has 136 valence electrons. The average Bonchev–Trinajstić information content (AvgIpc) is 3.36. The molecule has 0 radical (unpaired) electrons. The van der Waals surface area contributed by atoms with Gasteiger partial charge >= 0.3 is 0 Å². The van der Waals surface area contributed by atoms with E-state index in [4.69, 9.17) is 4.52 Å². The molecule has 2 aromatic heterocycles. The Kier molecular flexibility index (Phi) is 5.02. The van der Waals surface area contributed by atoms with Crippen LogP contribution in [0.2, 0.25) is 0 Å². The van der Waals surface area contributed by atoms with Crippen LogP contribution in [-0.2, 0) is 12.2 Å². The second kappa shape index (κ2) is 7.75. The molecule has 6 nitrogen and oxygen atoms in total. The molecule has 0 amide bonds. The first-order valence-corrected chi connectivity index (χ1v) is 9.74. The maximum absolute atomic E-state index is 5.37. The van der Waals surface area contributed by atoms with Crippen molar-refractivity contribution in [3.8, 4) is 22.8 Å². The molecule has 4 rings (SSSR count). The van der Waals surface area contributed by atoms with E-state index in [-0.39, 0.29) is 0 Å². The average molecular weight is 377 g/mol. The topological polar surface area (TPSA) is 80.5 Å². The van der Waals surface area contributed by atoms with Crippen molar-refractivity contribution in [2.24, 2.45) is 0 Å². The lowest BCUT2D eigenvalue weighted by Gasteiger charge is -1.98. The molecule has 0 fully saturated rings. The summed E-state index contributed by atoms with van der Waals surface area (Å²) in [6.07, 6.45) is 1.02. The molecule has 0 saturated carbocycles. The molecule has 7 heteroatoms. The van der Waals surface area contributed by atoms with Crippen LogP contribution in [0.3, 0.4) is 0 Å². The van der Waals surface area contributed by atoms with E-state index in [1.165, 1.54) is 17.3 Å². The molecular weight excluding hydrogens is 358 g/mol. The van der Waals surface area contributed by atoms with E-state index in [0.717, 1.165) is 28.9 Å². The van der Waals surface area contributed by atoms with Crippen LogP contribution >= 0.6 is 11.8 Å². The van der Waals surface area contributed by atoms with Gasteiger partial charge in [0.15, 0.2) is 5.82 Å². The van der Waals surface area contributed by atoms with Crippen LogP contribution in [0.15, 0.2) is 58.2 Å². The summed E-state index contributed by atoms with van der Waals surface area (Å²) in [5.41, 5.74) is 4.42. The van der Waals surface area contributed by atoms with Gasteiger partial charge in [0.25, 0.3) is 0 Å². The van der Waals surface area contributed by atoms with E-state index >= 15 is 0 Å². The highest BCUT2D eigenvalue weighted by Crippen LogP contribution is 2.24. The standard InChI is InChI=1S/C20H19N5OS/c1-3-14-8-10-15(11-9-14)18-22-20(24-23-18)27-12-17-21-19(25-26-17)16-7-5-4-6-13(16)2/h4-11H,3,12H2,1-2H3,(H,22,23,24). The summed E-state index contributed by atoms with van der Waals surface area (Å²) in [6, 6.07) is 16.3. The molecule has 0 unspecified atom stereocenters. The van der Waals surface area contributed by atoms with E-state index in [2.05, 4.69) is 56.5 Å². The maximum Gasteiger partial charge on any atom is 0.237 e. The van der Waals surface area contributed by atoms with Crippen LogP contribution in [-0.4, -0.2) is 25.3 Å². The summed E-state index contributed by atoms with van der Waals surface area (Å²) in [6.45, 7) is 4.17. The van der Waals surface area contributed by atoms with Crippen molar-refractivity contribution in [1.82, 2.24) is 25.3 Å². The van der Waals surface area contributed by atoms with E-state index in [0.29, 0.717) is 22.6 Å². The van der Waals surface area contributed by atoms with Gasteiger partial charge in [0.2, 0.25) is 16.9 Å². The third-order valence-corrected chi connectivity index (χ3v) is 5.11. The lowest BCUT2D eigenvalue weighted by molar-refractivity contribution is 0.391. The molecular formula is C20H19N5OS. The number of H-pyrrole nitrogens is 1. The molecule has 0 saturated heterocycles. The van der Waals surface area contributed by atoms with Crippen molar-refractivity contribution < 1.29 is 4.52 Å². The van der Waals surface area contributed by atoms with Crippen molar-refractivity contribution in [3.05, 3.63) is 65.5 Å². The zero-order valence-corrected chi connectivity index (χ0v) is 16.0. The van der Waals surface area contributed by atoms with E-state index in [1.807, 2.05) is 31.2 Å². The van der Waals surface area contributed by atoms with Crippen LogP contribution in [0.1, 0.15) is 23.9 Å². The number of hydrogen-bond acceptors (Lipinski definition) is 6. The SMILES string of the molecule is CCc1ccc(-c2nc(SCc3nc(-c4ccccc4C)no3)n[nH]2)cc1. The van der Waals surface area contributed by atoms with Crippen LogP contribution < -0.4 is 0 Å². The van der Waals surface area contributed by atoms with Crippen LogP contribution in [0.25, 0.3) is 22.8 Å². The molecule has 4 aromatic rings. The summed E-state index contributed by atoms with van der Waals surface area (Å²) >= 11 is 1.46. The van der Waals surface area contributed by atoms with Gasteiger partial charge in [0.05, 0.1) is 5.75 Å². The highest BCUT2D eigenvalue weighted by atomic mass is 32.2. The number of thioether (sulfide) groups is 1. The summed E-state index contributed by atoms with van der Waals surface area (Å²) in [5.74, 6) is 2.43. The molecule has 1 N–H and O–H groups in total. The number of benzene rings is 2. The number of nitrogens with one attached hydrogen (secondary N) is 1. The second-order valence-corrected chi connectivity index (χ2v) is 7.07. The molecule has 2 aromatic carbocycles. The Hall–Kier alpha value is -2.93. The van der Waals surface area contributed by atoms with Gasteiger partial charge in [0, 0.05) is 11.1 Å². The van der Waals surface area contributed by atoms with Crippen LogP contribution in [0.5, 0.6) is 0 Å². The summed E-state index contributed by atoms with van der Waals surface area (Å²) in [7, 11) is 0. The fourth-order valence-corrected chi connectivity index (χ4v) is 3.35. The molecule has 27 heavy (non-hydrogen) atoms. The number of nitrogens with zero attached hydrogens (tertiary/aromatic N) is 4. The van der Waals surface area contributed by atoms with Gasteiger partial charge in [-0.1, -0.05) is 72.4 Å². The van der Waals surface area contributed by atoms with Crippen molar-refractivity contribution >= 4 is 11.8 Å². The number of aromatic amines is 1. The Bertz CT molecular complexity index is 1040. The number of rotatable bonds is 6. The van der Waals surface area contributed by atoms with Gasteiger partial charge in [-0.3, -0.25) is 5.10 Å². The first-order valence-electron chi connectivity index (χ1n) is 8.76. The largest absolute Gasteiger partial charge is 0.338 e. The number of aryl methyl sites for hydroxylation is 2. The Labute approximate surface area is 161 Å². The highest BCUT2D eigenvalue weighted by Gasteiger charge is 2.12. The first kappa shape index (κ1) is 17.5. The molecule has 0 aliphatic carbocycles.